The second kappa shape index (κ2) is 10.8. The van der Waals surface area contributed by atoms with E-state index in [1.807, 2.05) is 0 Å². The zero-order chi connectivity index (χ0) is 22.4. The van der Waals surface area contributed by atoms with Crippen LogP contribution in [-0.2, 0) is 12.4 Å². The average molecular weight is 677 g/mol. The second-order valence-electron chi connectivity index (χ2n) is 7.39. The molecule has 0 aromatic heterocycles. The van der Waals surface area contributed by atoms with Crippen molar-refractivity contribution >= 4 is 0 Å². The maximum atomic E-state index is 12.5. The van der Waals surface area contributed by atoms with Crippen molar-refractivity contribution < 1.29 is 26.3 Å². The molecule has 1 aliphatic rings. The van der Waals surface area contributed by atoms with Gasteiger partial charge in [-0.1, -0.05) is 50.6 Å². The number of rotatable bonds is 3. The van der Waals surface area contributed by atoms with Crippen LogP contribution in [0.15, 0.2) is 48.5 Å². The molecule has 174 valence electrons. The molecule has 31 heavy (non-hydrogen) atoms. The number of hydrogen-bond acceptors (Lipinski definition) is 1. The van der Waals surface area contributed by atoms with Gasteiger partial charge >= 0.3 is 12.4 Å². The Kier molecular flexibility index (Phi) is 9.10. The summed E-state index contributed by atoms with van der Waals surface area (Å²) in [5.74, 6) is -0.353. The molecule has 1 nitrogen and oxygen atoms in total. The summed E-state index contributed by atoms with van der Waals surface area (Å²) in [7, 11) is 0. The fraction of sp³-hybridized carbons (Fsp3) is 0.435. The molecule has 2 aromatic carbocycles. The third-order valence-corrected chi connectivity index (χ3v) is 5.16. The van der Waals surface area contributed by atoms with Crippen LogP contribution in [-0.4, -0.2) is 6.54 Å². The molecule has 1 saturated heterocycles. The summed E-state index contributed by atoms with van der Waals surface area (Å²) in [5, 5.41) is 3.48. The molecule has 1 aliphatic heterocycles. The molecule has 2 atom stereocenters. The van der Waals surface area contributed by atoms with Crippen molar-refractivity contribution in [1.29, 1.82) is 0 Å². The zero-order valence-electron chi connectivity index (χ0n) is 17.3. The summed E-state index contributed by atoms with van der Waals surface area (Å²) < 4.78 is 75.2. The van der Waals surface area contributed by atoms with Crippen LogP contribution >= 0.6 is 0 Å². The number of piperidine rings is 1. The fourth-order valence-corrected chi connectivity index (χ4v) is 3.18. The normalized spacial score (nSPS) is 17.7. The van der Waals surface area contributed by atoms with Crippen molar-refractivity contribution in [3.05, 3.63) is 77.2 Å². The Morgan fingerprint density at radius 1 is 0.968 bits per heavy atom. The average Bonchev–Trinajstić information content (AvgIpc) is 2.73. The summed E-state index contributed by atoms with van der Waals surface area (Å²) in [5.41, 5.74) is -1.04. The van der Waals surface area contributed by atoms with Gasteiger partial charge in [0, 0.05) is 6.04 Å². The molecule has 0 radical (unpaired) electrons. The quantitative estimate of drug-likeness (QED) is 0.262. The van der Waals surface area contributed by atoms with Crippen LogP contribution in [0.2, 0.25) is 0 Å². The maximum Gasteiger partial charge on any atom is 0.416 e. The SMILES string of the molecule is CCC(C)c1cc(C(F)(F)F)cc(C(F)(F)F)c1.[Cm].c1ccc(C2CC[CH-]CN2)cc1. The predicted molar refractivity (Wildman–Crippen MR) is 106 cm³/mol. The van der Waals surface area contributed by atoms with E-state index < -0.39 is 23.5 Å². The third kappa shape index (κ3) is 7.63. The first-order valence-corrected chi connectivity index (χ1v) is 9.91. The maximum absolute atomic E-state index is 12.5. The minimum atomic E-state index is -4.77. The van der Waals surface area contributed by atoms with Crippen molar-refractivity contribution in [2.45, 2.75) is 57.4 Å². The van der Waals surface area contributed by atoms with Crippen LogP contribution in [0.5, 0.6) is 0 Å². The van der Waals surface area contributed by atoms with Gasteiger partial charge in [-0.05, 0) is 41.7 Å². The predicted octanol–water partition coefficient (Wildman–Crippen LogP) is 7.55. The molecule has 0 spiro atoms. The van der Waals surface area contributed by atoms with Crippen LogP contribution in [0.4, 0.5) is 26.3 Å². The Morgan fingerprint density at radius 3 is 1.94 bits per heavy atom. The third-order valence-electron chi connectivity index (χ3n) is 5.16. The number of alkyl halides is 6. The summed E-state index contributed by atoms with van der Waals surface area (Å²) in [6, 6.07) is 13.0. The summed E-state index contributed by atoms with van der Waals surface area (Å²) in [6.45, 7) is 4.35. The van der Waals surface area contributed by atoms with Crippen LogP contribution in [0, 0.1) is 6.42 Å². The Hall–Kier alpha value is -3.02. The van der Waals surface area contributed by atoms with E-state index in [-0.39, 0.29) is 17.5 Å². The molecule has 0 saturated carbocycles. The molecule has 0 amide bonds. The molecular formula is C23H26CmF6N-. The summed E-state index contributed by atoms with van der Waals surface area (Å²) in [4.78, 5) is 0. The summed E-state index contributed by atoms with van der Waals surface area (Å²) >= 11 is 0. The monoisotopic (exact) mass is 673 g/mol. The Labute approximate surface area is 173 Å². The molecule has 1 heterocycles. The second-order valence-corrected chi connectivity index (χ2v) is 7.39. The van der Waals surface area contributed by atoms with Gasteiger partial charge in [0.15, 0.2) is 0 Å². The van der Waals surface area contributed by atoms with Crippen LogP contribution in [0.25, 0.3) is 0 Å². The van der Waals surface area contributed by atoms with E-state index in [0.717, 1.165) is 18.7 Å². The van der Waals surface area contributed by atoms with Gasteiger partial charge < -0.3 is 11.7 Å². The minimum absolute atomic E-state index is 0. The number of hydrogen-bond donors (Lipinski definition) is 1. The first-order chi connectivity index (χ1) is 14.0. The smallest absolute Gasteiger partial charge is 0.340 e. The molecule has 2 aromatic rings. The van der Waals surface area contributed by atoms with Gasteiger partial charge in [-0.15, -0.1) is 6.54 Å². The van der Waals surface area contributed by atoms with E-state index in [2.05, 4.69) is 42.1 Å². The Bertz CT molecular complexity index is 751. The van der Waals surface area contributed by atoms with Crippen LogP contribution in [0.3, 0.4) is 0 Å². The first kappa shape index (κ1) is 26.0. The van der Waals surface area contributed by atoms with Crippen LogP contribution in [0.1, 0.15) is 67.3 Å². The van der Waals surface area contributed by atoms with Gasteiger partial charge in [0.05, 0.1) is 11.1 Å². The molecule has 3 rings (SSSR count). The first-order valence-electron chi connectivity index (χ1n) is 9.91. The van der Waals surface area contributed by atoms with Crippen molar-refractivity contribution in [3.8, 4) is 0 Å². The Balaban J connectivity index is 0.000000321. The van der Waals surface area contributed by atoms with E-state index in [1.54, 1.807) is 13.8 Å². The zero-order valence-corrected chi connectivity index (χ0v) is 20.2. The largest absolute Gasteiger partial charge is 0.416 e. The van der Waals surface area contributed by atoms with E-state index in [9.17, 15) is 26.3 Å². The van der Waals surface area contributed by atoms with Gasteiger partial charge in [-0.3, -0.25) is 0 Å². The van der Waals surface area contributed by atoms with Gasteiger partial charge in [0.2, 0.25) is 0 Å². The van der Waals surface area contributed by atoms with Gasteiger partial charge in [-0.2, -0.15) is 32.8 Å². The number of benzene rings is 2. The summed E-state index contributed by atoms with van der Waals surface area (Å²) in [6.07, 6.45) is -4.29. The van der Waals surface area contributed by atoms with Gasteiger partial charge in [-0.25, -0.2) is 0 Å². The molecule has 2 unspecified atom stereocenters. The number of nitrogens with one attached hydrogen (secondary N) is 1. The molecule has 1 N–H and O–H groups in total. The van der Waals surface area contributed by atoms with Crippen molar-refractivity contribution in [2.24, 2.45) is 0 Å². The van der Waals surface area contributed by atoms with Gasteiger partial charge in [0.25, 0.3) is 0 Å². The van der Waals surface area contributed by atoms with E-state index in [0.29, 0.717) is 12.5 Å². The van der Waals surface area contributed by atoms with Crippen molar-refractivity contribution in [2.75, 3.05) is 6.54 Å². The molecule has 0 bridgehead atoms. The number of halogens is 6. The molecular weight excluding hydrogens is 651 g/mol. The topological polar surface area (TPSA) is 12.0 Å². The van der Waals surface area contributed by atoms with E-state index in [1.165, 1.54) is 18.4 Å². The standard InChI is InChI=1S/C12H12F6.C11H14N.Cm/c1-3-7(2)8-4-9(11(13,14)15)6-10(5-8)12(16,17)18;1-2-6-10(7-3-1)11-8-4-5-9-12-11;/h4-7H,3H2,1-2H3;1-3,5-7,11-12H,4,8-9H2;/q;-1;. The molecule has 0 aliphatic carbocycles. The fourth-order valence-electron chi connectivity index (χ4n) is 3.18. The van der Waals surface area contributed by atoms with Crippen molar-refractivity contribution in [3.63, 3.8) is 0 Å². The van der Waals surface area contributed by atoms with E-state index >= 15 is 0 Å². The van der Waals surface area contributed by atoms with Gasteiger partial charge in [0.1, 0.15) is 0 Å². The van der Waals surface area contributed by atoms with Crippen LogP contribution < -0.4 is 5.32 Å². The Morgan fingerprint density at radius 2 is 1.52 bits per heavy atom. The molecule has 1 fully saturated rings. The molecule has 8 heteroatoms. The van der Waals surface area contributed by atoms with Crippen molar-refractivity contribution in [1.82, 2.24) is 5.32 Å². The van der Waals surface area contributed by atoms with E-state index in [4.69, 9.17) is 0 Å². The minimum Gasteiger partial charge on any atom is -0.340 e.